The van der Waals surface area contributed by atoms with Crippen LogP contribution in [0.1, 0.15) is 29.0 Å². The number of nitrogens with two attached hydrogens (primary N) is 1. The summed E-state index contributed by atoms with van der Waals surface area (Å²) in [6.07, 6.45) is 0.377. The quantitative estimate of drug-likeness (QED) is 0.912. The van der Waals surface area contributed by atoms with Crippen molar-refractivity contribution in [2.75, 3.05) is 19.7 Å². The third-order valence-electron chi connectivity index (χ3n) is 4.85. The van der Waals surface area contributed by atoms with E-state index in [4.69, 9.17) is 10.5 Å². The molecule has 1 aliphatic rings. The molecule has 0 aromatic heterocycles. The molecule has 4 heteroatoms. The van der Waals surface area contributed by atoms with Gasteiger partial charge in [0.05, 0.1) is 13.0 Å². The van der Waals surface area contributed by atoms with Crippen LogP contribution in [-0.2, 0) is 4.79 Å². The predicted molar refractivity (Wildman–Crippen MR) is 99.8 cm³/mol. The highest BCUT2D eigenvalue weighted by Gasteiger charge is 2.33. The van der Waals surface area contributed by atoms with Gasteiger partial charge >= 0.3 is 0 Å². The molecule has 2 aromatic carbocycles. The number of hydrogen-bond acceptors (Lipinski definition) is 3. The van der Waals surface area contributed by atoms with Crippen LogP contribution in [0.15, 0.2) is 48.5 Å². The third-order valence-corrected chi connectivity index (χ3v) is 4.85. The minimum absolute atomic E-state index is 0.00777. The molecule has 1 amide bonds. The van der Waals surface area contributed by atoms with Crippen molar-refractivity contribution in [2.24, 2.45) is 5.73 Å². The van der Waals surface area contributed by atoms with Gasteiger partial charge in [-0.15, -0.1) is 0 Å². The molecule has 3 rings (SSSR count). The number of aryl methyl sites for hydroxylation is 2. The van der Waals surface area contributed by atoms with Gasteiger partial charge in [0.1, 0.15) is 5.75 Å². The second-order valence-corrected chi connectivity index (χ2v) is 6.85. The van der Waals surface area contributed by atoms with Crippen LogP contribution in [0.2, 0.25) is 0 Å². The van der Waals surface area contributed by atoms with Crippen molar-refractivity contribution in [3.63, 3.8) is 0 Å². The van der Waals surface area contributed by atoms with Gasteiger partial charge in [-0.2, -0.15) is 0 Å². The van der Waals surface area contributed by atoms with Gasteiger partial charge in [0.2, 0.25) is 5.91 Å². The summed E-state index contributed by atoms with van der Waals surface area (Å²) in [5.74, 6) is 1.17. The van der Waals surface area contributed by atoms with Crippen molar-refractivity contribution in [1.82, 2.24) is 4.90 Å². The average molecular weight is 338 g/mol. The SMILES string of the molecule is Cc1ccc(OCCC(=O)N2C[C@@H](N)[C@H](c3ccccc3)C2)c(C)c1. The van der Waals surface area contributed by atoms with E-state index in [1.165, 1.54) is 11.1 Å². The predicted octanol–water partition coefficient (Wildman–Crippen LogP) is 3.03. The molecule has 132 valence electrons. The van der Waals surface area contributed by atoms with Gasteiger partial charge < -0.3 is 15.4 Å². The first-order valence-electron chi connectivity index (χ1n) is 8.83. The zero-order valence-corrected chi connectivity index (χ0v) is 14.9. The van der Waals surface area contributed by atoms with Crippen molar-refractivity contribution in [3.05, 3.63) is 65.2 Å². The molecule has 0 radical (unpaired) electrons. The van der Waals surface area contributed by atoms with Crippen molar-refractivity contribution in [1.29, 1.82) is 0 Å². The molecule has 2 atom stereocenters. The third kappa shape index (κ3) is 4.20. The lowest BCUT2D eigenvalue weighted by atomic mass is 9.95. The van der Waals surface area contributed by atoms with E-state index in [1.807, 2.05) is 42.2 Å². The molecule has 1 aliphatic heterocycles. The smallest absolute Gasteiger partial charge is 0.226 e. The topological polar surface area (TPSA) is 55.6 Å². The van der Waals surface area contributed by atoms with Crippen LogP contribution in [0.3, 0.4) is 0 Å². The Labute approximate surface area is 149 Å². The fourth-order valence-corrected chi connectivity index (χ4v) is 3.45. The number of rotatable bonds is 5. The minimum Gasteiger partial charge on any atom is -0.493 e. The Morgan fingerprint density at radius 1 is 1.16 bits per heavy atom. The van der Waals surface area contributed by atoms with Crippen LogP contribution in [-0.4, -0.2) is 36.5 Å². The van der Waals surface area contributed by atoms with Crippen molar-refractivity contribution in [2.45, 2.75) is 32.2 Å². The van der Waals surface area contributed by atoms with Gasteiger partial charge in [0.15, 0.2) is 0 Å². The maximum Gasteiger partial charge on any atom is 0.226 e. The van der Waals surface area contributed by atoms with Crippen molar-refractivity contribution >= 4 is 5.91 Å². The number of carbonyl (C=O) groups excluding carboxylic acids is 1. The molecular formula is C21H26N2O2. The van der Waals surface area contributed by atoms with E-state index in [2.05, 4.69) is 25.1 Å². The van der Waals surface area contributed by atoms with Crippen LogP contribution in [0.4, 0.5) is 0 Å². The Morgan fingerprint density at radius 2 is 1.92 bits per heavy atom. The second-order valence-electron chi connectivity index (χ2n) is 6.85. The fraction of sp³-hybridized carbons (Fsp3) is 0.381. The van der Waals surface area contributed by atoms with Crippen LogP contribution < -0.4 is 10.5 Å². The van der Waals surface area contributed by atoms with Crippen LogP contribution in [0, 0.1) is 13.8 Å². The van der Waals surface area contributed by atoms with E-state index in [-0.39, 0.29) is 17.9 Å². The van der Waals surface area contributed by atoms with E-state index in [9.17, 15) is 4.79 Å². The van der Waals surface area contributed by atoms with Gasteiger partial charge in [-0.25, -0.2) is 0 Å². The summed E-state index contributed by atoms with van der Waals surface area (Å²) >= 11 is 0. The summed E-state index contributed by atoms with van der Waals surface area (Å²) in [7, 11) is 0. The van der Waals surface area contributed by atoms with Gasteiger partial charge in [0.25, 0.3) is 0 Å². The molecule has 1 fully saturated rings. The number of benzene rings is 2. The first kappa shape index (κ1) is 17.5. The first-order valence-corrected chi connectivity index (χ1v) is 8.83. The molecule has 2 aromatic rings. The molecule has 0 saturated carbocycles. The fourth-order valence-electron chi connectivity index (χ4n) is 3.45. The van der Waals surface area contributed by atoms with Gasteiger partial charge in [-0.1, -0.05) is 48.0 Å². The number of nitrogens with zero attached hydrogens (tertiary/aromatic N) is 1. The van der Waals surface area contributed by atoms with E-state index in [0.717, 1.165) is 11.3 Å². The van der Waals surface area contributed by atoms with Crippen LogP contribution in [0.5, 0.6) is 5.75 Å². The number of ether oxygens (including phenoxy) is 1. The zero-order chi connectivity index (χ0) is 17.8. The Bertz CT molecular complexity index is 730. The number of carbonyl (C=O) groups is 1. The molecule has 2 N–H and O–H groups in total. The average Bonchev–Trinajstić information content (AvgIpc) is 2.99. The second kappa shape index (κ2) is 7.70. The molecule has 4 nitrogen and oxygen atoms in total. The minimum atomic E-state index is -0.00777. The van der Waals surface area contributed by atoms with E-state index in [0.29, 0.717) is 26.1 Å². The molecule has 1 heterocycles. The Morgan fingerprint density at radius 3 is 2.64 bits per heavy atom. The normalized spacial score (nSPS) is 19.9. The molecule has 0 bridgehead atoms. The maximum absolute atomic E-state index is 12.5. The number of likely N-dealkylation sites (tertiary alicyclic amines) is 1. The van der Waals surface area contributed by atoms with Crippen molar-refractivity contribution < 1.29 is 9.53 Å². The highest BCUT2D eigenvalue weighted by molar-refractivity contribution is 5.77. The highest BCUT2D eigenvalue weighted by atomic mass is 16.5. The summed E-state index contributed by atoms with van der Waals surface area (Å²) in [5, 5.41) is 0. The maximum atomic E-state index is 12.5. The molecule has 25 heavy (non-hydrogen) atoms. The van der Waals surface area contributed by atoms with E-state index >= 15 is 0 Å². The highest BCUT2D eigenvalue weighted by Crippen LogP contribution is 2.26. The van der Waals surface area contributed by atoms with E-state index < -0.39 is 0 Å². The van der Waals surface area contributed by atoms with Gasteiger partial charge in [0, 0.05) is 25.0 Å². The summed E-state index contributed by atoms with van der Waals surface area (Å²) in [4.78, 5) is 14.4. The Kier molecular flexibility index (Phi) is 5.39. The first-order chi connectivity index (χ1) is 12.0. The lowest BCUT2D eigenvalue weighted by Gasteiger charge is -2.17. The standard InChI is InChI=1S/C21H26N2O2/c1-15-8-9-20(16(2)12-15)25-11-10-21(24)23-13-18(19(22)14-23)17-6-4-3-5-7-17/h3-9,12,18-19H,10-11,13-14,22H2,1-2H3/t18-,19+/m0/s1. The lowest BCUT2D eigenvalue weighted by Crippen LogP contribution is -2.32. The zero-order valence-electron chi connectivity index (χ0n) is 14.9. The molecule has 0 spiro atoms. The Hall–Kier alpha value is -2.33. The summed E-state index contributed by atoms with van der Waals surface area (Å²) in [6.45, 7) is 5.77. The van der Waals surface area contributed by atoms with Crippen LogP contribution >= 0.6 is 0 Å². The lowest BCUT2D eigenvalue weighted by molar-refractivity contribution is -0.130. The monoisotopic (exact) mass is 338 g/mol. The summed E-state index contributed by atoms with van der Waals surface area (Å²) < 4.78 is 5.78. The molecular weight excluding hydrogens is 312 g/mol. The number of amides is 1. The van der Waals surface area contributed by atoms with Gasteiger partial charge in [-0.05, 0) is 31.0 Å². The summed E-state index contributed by atoms with van der Waals surface area (Å²) in [5.41, 5.74) is 9.78. The van der Waals surface area contributed by atoms with E-state index in [1.54, 1.807) is 0 Å². The van der Waals surface area contributed by atoms with Crippen LogP contribution in [0.25, 0.3) is 0 Å². The molecule has 0 unspecified atom stereocenters. The Balaban J connectivity index is 1.52. The van der Waals surface area contributed by atoms with Crippen molar-refractivity contribution in [3.8, 4) is 5.75 Å². The molecule has 0 aliphatic carbocycles. The largest absolute Gasteiger partial charge is 0.493 e. The molecule has 1 saturated heterocycles. The summed E-state index contributed by atoms with van der Waals surface area (Å²) in [6, 6.07) is 16.3. The van der Waals surface area contributed by atoms with Gasteiger partial charge in [-0.3, -0.25) is 4.79 Å². The number of hydrogen-bond donors (Lipinski definition) is 1.